The summed E-state index contributed by atoms with van der Waals surface area (Å²) in [6, 6.07) is 6.61. The standard InChI is InChI=1S/C20H21N5O4S/c1-24-17-15(19(27)25(2)20(24)28)18(23-16(22-17)11-4-5-11)30-10-14(26)21-12-6-8-13(29-3)9-7-12/h6-9,11,15H,4-5,10H2,1-3H3/p+1. The van der Waals surface area contributed by atoms with Gasteiger partial charge in [-0.25, -0.2) is 9.79 Å². The SMILES string of the molecule is COc1ccc(NC(=O)CSC2=NC(C3CC3)=NC3=[N+](C)C(=O)N(C)C(=O)C23)cc1. The van der Waals surface area contributed by atoms with Gasteiger partial charge in [-0.2, -0.15) is 9.48 Å². The number of anilines is 1. The first-order valence-corrected chi connectivity index (χ1v) is 10.5. The third kappa shape index (κ3) is 3.87. The van der Waals surface area contributed by atoms with Crippen LogP contribution in [0.1, 0.15) is 12.8 Å². The number of nitrogens with one attached hydrogen (secondary N) is 1. The number of benzene rings is 1. The van der Waals surface area contributed by atoms with Crippen LogP contribution in [0.15, 0.2) is 34.3 Å². The van der Waals surface area contributed by atoms with E-state index in [1.807, 2.05) is 0 Å². The Morgan fingerprint density at radius 1 is 1.27 bits per heavy atom. The second kappa shape index (κ2) is 8.02. The normalized spacial score (nSPS) is 21.2. The van der Waals surface area contributed by atoms with Gasteiger partial charge >= 0.3 is 11.9 Å². The number of nitrogens with zero attached hydrogens (tertiary/aromatic N) is 4. The fraction of sp³-hybridized carbons (Fsp3) is 0.400. The highest BCUT2D eigenvalue weighted by molar-refractivity contribution is 8.14. The van der Waals surface area contributed by atoms with Gasteiger partial charge in [-0.05, 0) is 37.1 Å². The van der Waals surface area contributed by atoms with E-state index in [1.54, 1.807) is 38.4 Å². The molecule has 0 bridgehead atoms. The number of methoxy groups -OCH3 is 1. The molecule has 3 aliphatic rings. The van der Waals surface area contributed by atoms with E-state index in [9.17, 15) is 14.4 Å². The summed E-state index contributed by atoms with van der Waals surface area (Å²) in [5.41, 5.74) is 0.651. The van der Waals surface area contributed by atoms with Gasteiger partial charge in [-0.15, -0.1) is 0 Å². The molecular weight excluding hydrogens is 406 g/mol. The minimum Gasteiger partial charge on any atom is -0.497 e. The highest BCUT2D eigenvalue weighted by Gasteiger charge is 2.50. The Balaban J connectivity index is 1.51. The molecule has 0 radical (unpaired) electrons. The zero-order valence-electron chi connectivity index (χ0n) is 16.9. The minimum absolute atomic E-state index is 0.0846. The quantitative estimate of drug-likeness (QED) is 0.721. The van der Waals surface area contributed by atoms with Crippen LogP contribution in [0, 0.1) is 11.8 Å². The third-order valence-corrected chi connectivity index (χ3v) is 6.15. The second-order valence-corrected chi connectivity index (χ2v) is 8.29. The Morgan fingerprint density at radius 2 is 1.97 bits per heavy atom. The van der Waals surface area contributed by atoms with Gasteiger partial charge in [-0.3, -0.25) is 9.59 Å². The Hall–Kier alpha value is -3.01. The van der Waals surface area contributed by atoms with Gasteiger partial charge < -0.3 is 10.1 Å². The van der Waals surface area contributed by atoms with Crippen LogP contribution >= 0.6 is 11.8 Å². The highest BCUT2D eigenvalue weighted by Crippen LogP contribution is 2.35. The third-order valence-electron chi connectivity index (χ3n) is 5.12. The van der Waals surface area contributed by atoms with Crippen LogP contribution in [0.5, 0.6) is 5.75 Å². The van der Waals surface area contributed by atoms with Crippen molar-refractivity contribution in [1.29, 1.82) is 0 Å². The van der Waals surface area contributed by atoms with Crippen molar-refractivity contribution >= 4 is 52.0 Å². The summed E-state index contributed by atoms with van der Waals surface area (Å²) >= 11 is 1.20. The fourth-order valence-electron chi connectivity index (χ4n) is 3.24. The number of urea groups is 1. The predicted molar refractivity (Wildman–Crippen MR) is 115 cm³/mol. The average Bonchev–Trinajstić information content (AvgIpc) is 3.60. The number of rotatable bonds is 5. The number of amides is 4. The van der Waals surface area contributed by atoms with Gasteiger partial charge in [0.25, 0.3) is 5.84 Å². The van der Waals surface area contributed by atoms with E-state index in [0.717, 1.165) is 17.7 Å². The molecule has 1 aromatic rings. The van der Waals surface area contributed by atoms with Gasteiger partial charge in [0.1, 0.15) is 10.8 Å². The molecule has 1 atom stereocenters. The molecule has 4 amide bonds. The number of amidine groups is 2. The summed E-state index contributed by atoms with van der Waals surface area (Å²) < 4.78 is 6.50. The van der Waals surface area contributed by atoms with Gasteiger partial charge in [0.15, 0.2) is 5.92 Å². The largest absolute Gasteiger partial charge is 0.497 e. The molecule has 4 rings (SSSR count). The summed E-state index contributed by atoms with van der Waals surface area (Å²) in [6.07, 6.45) is 1.98. The summed E-state index contributed by atoms with van der Waals surface area (Å²) in [6.45, 7) is 0. The van der Waals surface area contributed by atoms with Crippen molar-refractivity contribution in [3.63, 3.8) is 0 Å². The van der Waals surface area contributed by atoms with Crippen LogP contribution in [-0.2, 0) is 9.59 Å². The number of carbonyl (C=O) groups excluding carboxylic acids is 3. The van der Waals surface area contributed by atoms with Crippen LogP contribution in [-0.4, -0.2) is 71.0 Å². The zero-order valence-corrected chi connectivity index (χ0v) is 17.7. The van der Waals surface area contributed by atoms with Gasteiger partial charge in [0.05, 0.1) is 27.0 Å². The first-order valence-electron chi connectivity index (χ1n) is 9.55. The Labute approximate surface area is 177 Å². The second-order valence-electron chi connectivity index (χ2n) is 7.29. The van der Waals surface area contributed by atoms with E-state index in [4.69, 9.17) is 4.74 Å². The molecule has 2 heterocycles. The maximum Gasteiger partial charge on any atom is 0.445 e. The zero-order chi connectivity index (χ0) is 21.4. The first kappa shape index (κ1) is 20.3. The number of thioether (sulfide) groups is 1. The lowest BCUT2D eigenvalue weighted by Crippen LogP contribution is -2.54. The fourth-order valence-corrected chi connectivity index (χ4v) is 4.12. The van der Waals surface area contributed by atoms with Crippen molar-refractivity contribution in [2.24, 2.45) is 21.8 Å². The Bertz CT molecular complexity index is 1010. The Morgan fingerprint density at radius 3 is 2.60 bits per heavy atom. The van der Waals surface area contributed by atoms with Gasteiger partial charge in [-0.1, -0.05) is 16.8 Å². The number of hydrogen-bond acceptors (Lipinski definition) is 7. The van der Waals surface area contributed by atoms with Crippen LogP contribution in [0.3, 0.4) is 0 Å². The van der Waals surface area contributed by atoms with Crippen LogP contribution in [0.2, 0.25) is 0 Å². The van der Waals surface area contributed by atoms with Crippen molar-refractivity contribution in [1.82, 2.24) is 4.90 Å². The molecule has 9 nitrogen and oxygen atoms in total. The first-order chi connectivity index (χ1) is 14.4. The lowest BCUT2D eigenvalue weighted by atomic mass is 10.0. The summed E-state index contributed by atoms with van der Waals surface area (Å²) in [5, 5.41) is 3.32. The molecule has 10 heteroatoms. The van der Waals surface area contributed by atoms with Crippen LogP contribution < -0.4 is 10.1 Å². The van der Waals surface area contributed by atoms with Gasteiger partial charge in [0, 0.05) is 11.6 Å². The molecule has 1 saturated carbocycles. The van der Waals surface area contributed by atoms with Crippen molar-refractivity contribution < 1.29 is 23.7 Å². The Kier molecular flexibility index (Phi) is 5.42. The van der Waals surface area contributed by atoms with Crippen molar-refractivity contribution in [2.45, 2.75) is 12.8 Å². The van der Waals surface area contributed by atoms with Crippen LogP contribution in [0.25, 0.3) is 0 Å². The molecule has 1 unspecified atom stereocenters. The topological polar surface area (TPSA) is 103 Å². The summed E-state index contributed by atoms with van der Waals surface area (Å²) in [4.78, 5) is 47.8. The summed E-state index contributed by atoms with van der Waals surface area (Å²) in [5.74, 6) is 0.696. The van der Waals surface area contributed by atoms with Crippen molar-refractivity contribution in [3.8, 4) is 5.75 Å². The van der Waals surface area contributed by atoms with E-state index in [-0.39, 0.29) is 23.5 Å². The summed E-state index contributed by atoms with van der Waals surface area (Å²) in [7, 11) is 4.62. The van der Waals surface area contributed by atoms with E-state index in [0.29, 0.717) is 28.2 Å². The molecule has 156 valence electrons. The molecule has 0 aromatic heterocycles. The minimum atomic E-state index is -0.765. The lowest BCUT2D eigenvalue weighted by Gasteiger charge is -2.26. The van der Waals surface area contributed by atoms with E-state index in [2.05, 4.69) is 15.3 Å². The maximum absolute atomic E-state index is 12.8. The average molecular weight is 428 g/mol. The number of imide groups is 1. The molecule has 30 heavy (non-hydrogen) atoms. The molecule has 1 aliphatic carbocycles. The predicted octanol–water partition coefficient (Wildman–Crippen LogP) is 1.84. The lowest BCUT2D eigenvalue weighted by molar-refractivity contribution is -0.407. The van der Waals surface area contributed by atoms with E-state index < -0.39 is 11.9 Å². The highest BCUT2D eigenvalue weighted by atomic mass is 32.2. The van der Waals surface area contributed by atoms with Crippen molar-refractivity contribution in [3.05, 3.63) is 24.3 Å². The molecule has 0 spiro atoms. The molecule has 1 N–H and O–H groups in total. The molecule has 1 aromatic carbocycles. The molecule has 1 fully saturated rings. The number of fused-ring (bicyclic) bond motifs is 1. The number of aliphatic imine (C=N–C) groups is 2. The number of ether oxygens (including phenoxy) is 1. The maximum atomic E-state index is 12.8. The van der Waals surface area contributed by atoms with E-state index in [1.165, 1.54) is 23.4 Å². The number of hydrogen-bond donors (Lipinski definition) is 1. The molecule has 2 aliphatic heterocycles. The molecular formula is C20H22N5O4S+. The smallest absolute Gasteiger partial charge is 0.445 e. The van der Waals surface area contributed by atoms with Crippen molar-refractivity contribution in [2.75, 3.05) is 32.3 Å². The molecule has 0 saturated heterocycles. The van der Waals surface area contributed by atoms with Crippen LogP contribution in [0.4, 0.5) is 10.5 Å². The monoisotopic (exact) mass is 428 g/mol. The number of carbonyl (C=O) groups is 3. The van der Waals surface area contributed by atoms with E-state index >= 15 is 0 Å². The van der Waals surface area contributed by atoms with Gasteiger partial charge in [0.2, 0.25) is 11.7 Å².